The lowest BCUT2D eigenvalue weighted by Gasteiger charge is -1.91. The average molecular weight is 202 g/mol. The highest BCUT2D eigenvalue weighted by molar-refractivity contribution is 7.73. The van der Waals surface area contributed by atoms with Crippen LogP contribution >= 0.6 is 23.6 Å². The molecule has 0 saturated carbocycles. The Morgan fingerprint density at radius 3 is 2.50 bits per heavy atom. The van der Waals surface area contributed by atoms with E-state index in [1.165, 1.54) is 18.3 Å². The van der Waals surface area contributed by atoms with Crippen LogP contribution < -0.4 is 0 Å². The van der Waals surface area contributed by atoms with E-state index in [9.17, 15) is 9.59 Å². The van der Waals surface area contributed by atoms with Crippen LogP contribution in [-0.4, -0.2) is 21.5 Å². The molecule has 0 aromatic carbocycles. The van der Waals surface area contributed by atoms with Crippen LogP contribution in [0.15, 0.2) is 0 Å². The maximum Gasteiger partial charge on any atom is 0.315 e. The molecule has 1 aromatic rings. The molecule has 0 unspecified atom stereocenters. The van der Waals surface area contributed by atoms with Crippen molar-refractivity contribution in [2.24, 2.45) is 0 Å². The van der Waals surface area contributed by atoms with Crippen LogP contribution in [0.5, 0.6) is 0 Å². The number of hydrogen-bond donors (Lipinski definition) is 0. The Balaban J connectivity index is 3.20. The molecule has 1 aromatic heterocycles. The van der Waals surface area contributed by atoms with E-state index in [2.05, 4.69) is 5.10 Å². The second kappa shape index (κ2) is 3.24. The van der Waals surface area contributed by atoms with Gasteiger partial charge in [-0.1, -0.05) is 11.3 Å². The van der Waals surface area contributed by atoms with Gasteiger partial charge in [0.05, 0.1) is 0 Å². The number of Topliss-reactive ketones (excluding diaryl/α,β-unsaturated/α-hetero) is 1. The fourth-order valence-corrected chi connectivity index (χ4v) is 1.72. The fourth-order valence-electron chi connectivity index (χ4n) is 0.649. The van der Waals surface area contributed by atoms with Crippen molar-refractivity contribution in [3.63, 3.8) is 0 Å². The lowest BCUT2D eigenvalue weighted by atomic mass is 10.4. The van der Waals surface area contributed by atoms with Gasteiger partial charge in [0.2, 0.25) is 5.78 Å². The van der Waals surface area contributed by atoms with Crippen molar-refractivity contribution in [2.75, 3.05) is 0 Å². The van der Waals surface area contributed by atoms with Crippen LogP contribution in [-0.2, 0) is 4.79 Å². The van der Waals surface area contributed by atoms with Crippen molar-refractivity contribution < 1.29 is 9.59 Å². The van der Waals surface area contributed by atoms with Crippen LogP contribution in [0.2, 0.25) is 0 Å². The van der Waals surface area contributed by atoms with E-state index in [0.717, 1.165) is 4.68 Å². The van der Waals surface area contributed by atoms with Crippen LogP contribution in [0.4, 0.5) is 0 Å². The zero-order valence-electron chi connectivity index (χ0n) is 6.53. The molecule has 0 aliphatic rings. The summed E-state index contributed by atoms with van der Waals surface area (Å²) in [7, 11) is 0. The van der Waals surface area contributed by atoms with E-state index >= 15 is 0 Å². The minimum absolute atomic E-state index is 0.313. The molecule has 1 heterocycles. The van der Waals surface area contributed by atoms with E-state index in [1.54, 1.807) is 6.92 Å². The molecule has 0 radical (unpaired) electrons. The fraction of sp³-hybridized carbons (Fsp3) is 0.333. The maximum atomic E-state index is 11.1. The van der Waals surface area contributed by atoms with Gasteiger partial charge >= 0.3 is 5.91 Å². The third kappa shape index (κ3) is 1.64. The van der Waals surface area contributed by atoms with E-state index in [1.807, 2.05) is 0 Å². The summed E-state index contributed by atoms with van der Waals surface area (Å²) in [4.78, 5) is 21.7. The number of hydrogen-bond acceptors (Lipinski definition) is 5. The number of nitrogens with zero attached hydrogens (tertiary/aromatic N) is 2. The molecule has 0 bridgehead atoms. The standard InChI is InChI=1S/C6H6N2O2S2/c1-3(9)5(10)8-6(11)12-4(2)7-8/h1-2H3. The summed E-state index contributed by atoms with van der Waals surface area (Å²) in [6.07, 6.45) is 0. The second-order valence-electron chi connectivity index (χ2n) is 2.16. The molecule has 1 rings (SSSR count). The van der Waals surface area contributed by atoms with Crippen LogP contribution in [0.25, 0.3) is 0 Å². The normalized spacial score (nSPS) is 9.83. The van der Waals surface area contributed by atoms with Crippen LogP contribution in [0.3, 0.4) is 0 Å². The molecule has 0 atom stereocenters. The van der Waals surface area contributed by atoms with Crippen LogP contribution in [0.1, 0.15) is 16.7 Å². The van der Waals surface area contributed by atoms with E-state index in [-0.39, 0.29) is 0 Å². The van der Waals surface area contributed by atoms with E-state index < -0.39 is 11.7 Å². The van der Waals surface area contributed by atoms with E-state index in [4.69, 9.17) is 12.2 Å². The summed E-state index contributed by atoms with van der Waals surface area (Å²) in [6.45, 7) is 2.92. The molecule has 0 saturated heterocycles. The number of carbonyl (C=O) groups excluding carboxylic acids is 2. The number of aromatic nitrogens is 2. The highest BCUT2D eigenvalue weighted by Gasteiger charge is 2.13. The second-order valence-corrected chi connectivity index (χ2v) is 3.99. The van der Waals surface area contributed by atoms with Gasteiger partial charge in [-0.15, -0.1) is 0 Å². The average Bonchev–Trinajstić information content (AvgIpc) is 2.28. The molecule has 0 aliphatic heterocycles. The van der Waals surface area contributed by atoms with Gasteiger partial charge in [0.15, 0.2) is 3.95 Å². The molecule has 64 valence electrons. The first-order valence-electron chi connectivity index (χ1n) is 3.14. The molecular formula is C6H6N2O2S2. The summed E-state index contributed by atoms with van der Waals surface area (Å²) in [5.74, 6) is -1.24. The van der Waals surface area contributed by atoms with Gasteiger partial charge in [-0.25, -0.2) is 0 Å². The minimum atomic E-state index is -0.677. The van der Waals surface area contributed by atoms with Crippen molar-refractivity contribution in [2.45, 2.75) is 13.8 Å². The van der Waals surface area contributed by atoms with Gasteiger partial charge < -0.3 is 0 Å². The highest BCUT2D eigenvalue weighted by Crippen LogP contribution is 2.06. The minimum Gasteiger partial charge on any atom is -0.289 e. The molecule has 0 spiro atoms. The summed E-state index contributed by atoms with van der Waals surface area (Å²) >= 11 is 6.02. The maximum absolute atomic E-state index is 11.1. The third-order valence-electron chi connectivity index (χ3n) is 1.14. The van der Waals surface area contributed by atoms with Crippen molar-refractivity contribution in [3.05, 3.63) is 8.96 Å². The quantitative estimate of drug-likeness (QED) is 0.507. The predicted molar refractivity (Wildman–Crippen MR) is 47.0 cm³/mol. The summed E-state index contributed by atoms with van der Waals surface area (Å²) in [5.41, 5.74) is 0. The van der Waals surface area contributed by atoms with Gasteiger partial charge in [-0.2, -0.15) is 9.78 Å². The lowest BCUT2D eigenvalue weighted by molar-refractivity contribution is -0.113. The zero-order chi connectivity index (χ0) is 9.30. The third-order valence-corrected chi connectivity index (χ3v) is 2.29. The van der Waals surface area contributed by atoms with Gasteiger partial charge in [0.1, 0.15) is 5.01 Å². The van der Waals surface area contributed by atoms with Gasteiger partial charge in [-0.3, -0.25) is 9.59 Å². The Hall–Kier alpha value is -0.880. The van der Waals surface area contributed by atoms with Crippen molar-refractivity contribution >= 4 is 35.2 Å². The van der Waals surface area contributed by atoms with Gasteiger partial charge in [0.25, 0.3) is 0 Å². The Labute approximate surface area is 77.8 Å². The molecule has 6 heteroatoms. The number of rotatable bonds is 1. The summed E-state index contributed by atoms with van der Waals surface area (Å²) in [5, 5.41) is 4.47. The molecule has 0 fully saturated rings. The van der Waals surface area contributed by atoms with Gasteiger partial charge in [-0.05, 0) is 19.1 Å². The summed E-state index contributed by atoms with van der Waals surface area (Å²) in [6, 6.07) is 0. The van der Waals surface area contributed by atoms with Crippen molar-refractivity contribution in [3.8, 4) is 0 Å². The Morgan fingerprint density at radius 1 is 1.58 bits per heavy atom. The smallest absolute Gasteiger partial charge is 0.289 e. The van der Waals surface area contributed by atoms with Crippen molar-refractivity contribution in [1.29, 1.82) is 0 Å². The van der Waals surface area contributed by atoms with Gasteiger partial charge in [0, 0.05) is 6.92 Å². The first-order chi connectivity index (χ1) is 5.52. The van der Waals surface area contributed by atoms with Crippen molar-refractivity contribution in [1.82, 2.24) is 9.78 Å². The number of carbonyl (C=O) groups is 2. The molecule has 0 N–H and O–H groups in total. The number of aryl methyl sites for hydroxylation is 1. The van der Waals surface area contributed by atoms with E-state index in [0.29, 0.717) is 8.96 Å². The topological polar surface area (TPSA) is 52.0 Å². The van der Waals surface area contributed by atoms with Crippen LogP contribution in [0, 0.1) is 10.9 Å². The molecule has 12 heavy (non-hydrogen) atoms. The first-order valence-corrected chi connectivity index (χ1v) is 4.37. The zero-order valence-corrected chi connectivity index (χ0v) is 8.16. The monoisotopic (exact) mass is 202 g/mol. The lowest BCUT2D eigenvalue weighted by Crippen LogP contribution is -2.20. The Bertz CT molecular complexity index is 390. The largest absolute Gasteiger partial charge is 0.315 e. The molecular weight excluding hydrogens is 196 g/mol. The first kappa shape index (κ1) is 9.21. The molecule has 4 nitrogen and oxygen atoms in total. The predicted octanol–water partition coefficient (Wildman–Crippen LogP) is 1.21. The Morgan fingerprint density at radius 2 is 2.17 bits per heavy atom. The highest BCUT2D eigenvalue weighted by atomic mass is 32.1. The summed E-state index contributed by atoms with van der Waals surface area (Å²) < 4.78 is 1.27. The molecule has 0 amide bonds. The molecule has 0 aliphatic carbocycles. The number of ketones is 1. The Kier molecular flexibility index (Phi) is 2.49. The SMILES string of the molecule is CC(=O)C(=O)n1nc(C)sc1=S.